The molecule has 1 aromatic heterocycles. The fraction of sp³-hybridized carbons (Fsp3) is 0. The number of nitrogens with zero attached hydrogens (tertiary/aromatic N) is 1. The summed E-state index contributed by atoms with van der Waals surface area (Å²) in [6.45, 7) is 0. The van der Waals surface area contributed by atoms with Gasteiger partial charge in [-0.25, -0.2) is 0 Å². The topological polar surface area (TPSA) is 30.0 Å². The summed E-state index contributed by atoms with van der Waals surface area (Å²) in [4.78, 5) is 12.8. The fourth-order valence-electron chi connectivity index (χ4n) is 0.448. The van der Waals surface area contributed by atoms with Gasteiger partial charge in [0.25, 0.3) is 0 Å². The van der Waals surface area contributed by atoms with Crippen LogP contribution < -0.4 is 0 Å². The third kappa shape index (κ3) is 7.07. The summed E-state index contributed by atoms with van der Waals surface area (Å²) in [6, 6.07) is 3.65. The number of hydrogen-bond acceptors (Lipinski definition) is 2. The Bertz CT molecular complexity index is 275. The Morgan fingerprint density at radius 3 is 2.42 bits per heavy atom. The van der Waals surface area contributed by atoms with Gasteiger partial charge >= 0.3 is 4.70 Å². The van der Waals surface area contributed by atoms with Gasteiger partial charge in [-0.2, -0.15) is 0 Å². The van der Waals surface area contributed by atoms with Gasteiger partial charge in [-0.1, -0.05) is 5.92 Å². The summed E-state index contributed by atoms with van der Waals surface area (Å²) in [6.07, 6.45) is 8.41. The molecule has 0 radical (unpaired) electrons. The van der Waals surface area contributed by atoms with Crippen molar-refractivity contribution < 1.29 is 4.79 Å². The Hall–Kier alpha value is -1.04. The Kier molecular flexibility index (Phi) is 6.08. The molecule has 0 aliphatic heterocycles. The lowest BCUT2D eigenvalue weighted by molar-refractivity contribution is 0.275. The summed E-state index contributed by atoms with van der Waals surface area (Å²) in [7, 11) is 0. The minimum absolute atomic E-state index is 0.826. The molecule has 0 amide bonds. The molecule has 0 bridgehead atoms. The highest BCUT2D eigenvalue weighted by molar-refractivity contribution is 6.93. The summed E-state index contributed by atoms with van der Waals surface area (Å²) < 4.78 is -0.889. The number of halogens is 2. The molecule has 0 unspecified atom stereocenters. The largest absolute Gasteiger partial charge is 0.313 e. The number of carbonyl (C=O) groups is 1. The van der Waals surface area contributed by atoms with E-state index in [2.05, 4.69) is 34.1 Å². The molecule has 1 aromatic rings. The lowest BCUT2D eigenvalue weighted by Gasteiger charge is -1.81. The molecule has 0 atom stereocenters. The van der Waals surface area contributed by atoms with E-state index in [-0.39, 0.29) is 0 Å². The van der Waals surface area contributed by atoms with Crippen molar-refractivity contribution in [3.8, 4) is 12.3 Å². The van der Waals surface area contributed by atoms with Crippen LogP contribution in [0.4, 0.5) is 4.79 Å². The fourth-order valence-corrected chi connectivity index (χ4v) is 0.448. The molecule has 0 saturated carbocycles. The first-order chi connectivity index (χ1) is 5.66. The monoisotopic (exact) mass is 201 g/mol. The van der Waals surface area contributed by atoms with E-state index in [4.69, 9.17) is 11.2 Å². The summed E-state index contributed by atoms with van der Waals surface area (Å²) >= 11 is 8.80. The van der Waals surface area contributed by atoms with Gasteiger partial charge in [0.05, 0.1) is 0 Å². The lowest BCUT2D eigenvalue weighted by atomic mass is 10.3. The molecular formula is C8H5Cl2NO. The number of hydrogen-bond donors (Lipinski definition) is 0. The second-order valence-electron chi connectivity index (χ2n) is 1.61. The maximum absolute atomic E-state index is 8.98. The van der Waals surface area contributed by atoms with Gasteiger partial charge in [-0.05, 0) is 35.3 Å². The van der Waals surface area contributed by atoms with E-state index in [0.29, 0.717) is 0 Å². The molecule has 0 fully saturated rings. The van der Waals surface area contributed by atoms with Crippen molar-refractivity contribution >= 4 is 27.9 Å². The second kappa shape index (κ2) is 6.66. The smallest absolute Gasteiger partial charge is 0.263 e. The van der Waals surface area contributed by atoms with Crippen molar-refractivity contribution in [2.75, 3.05) is 0 Å². The third-order valence-electron chi connectivity index (χ3n) is 0.828. The van der Waals surface area contributed by atoms with Crippen molar-refractivity contribution in [2.24, 2.45) is 0 Å². The van der Waals surface area contributed by atoms with E-state index >= 15 is 0 Å². The van der Waals surface area contributed by atoms with E-state index in [1.807, 2.05) is 12.1 Å². The average Bonchev–Trinajstić information content (AvgIpc) is 2.05. The molecule has 0 N–H and O–H groups in total. The molecule has 0 aliphatic rings. The van der Waals surface area contributed by atoms with Gasteiger partial charge in [-0.3, -0.25) is 9.78 Å². The normalized spacial score (nSPS) is 7.42. The number of rotatable bonds is 0. The zero-order valence-corrected chi connectivity index (χ0v) is 7.51. The van der Waals surface area contributed by atoms with Crippen LogP contribution in [0.2, 0.25) is 0 Å². The standard InChI is InChI=1S/C7H5N.CCl2O/c1-2-7-4-3-5-8-6-7;2-1(3)4/h1,3-6H;. The van der Waals surface area contributed by atoms with E-state index in [1.165, 1.54) is 0 Å². The van der Waals surface area contributed by atoms with Crippen LogP contribution in [0.3, 0.4) is 0 Å². The molecule has 1 heterocycles. The molecule has 0 aliphatic carbocycles. The zero-order valence-electron chi connectivity index (χ0n) is 6.00. The quantitative estimate of drug-likeness (QED) is 0.478. The predicted octanol–water partition coefficient (Wildman–Crippen LogP) is 2.65. The van der Waals surface area contributed by atoms with Gasteiger partial charge in [0, 0.05) is 18.0 Å². The molecule has 2 nitrogen and oxygen atoms in total. The number of pyridine rings is 1. The van der Waals surface area contributed by atoms with E-state index in [0.717, 1.165) is 5.56 Å². The Labute approximate surface area is 80.5 Å². The Morgan fingerprint density at radius 1 is 1.58 bits per heavy atom. The van der Waals surface area contributed by atoms with Crippen LogP contribution in [0.15, 0.2) is 24.5 Å². The molecule has 62 valence electrons. The maximum Gasteiger partial charge on any atom is 0.313 e. The van der Waals surface area contributed by atoms with Crippen molar-refractivity contribution in [1.82, 2.24) is 4.98 Å². The predicted molar refractivity (Wildman–Crippen MR) is 49.3 cm³/mol. The van der Waals surface area contributed by atoms with Gasteiger partial charge in [0.15, 0.2) is 0 Å². The van der Waals surface area contributed by atoms with Crippen molar-refractivity contribution in [3.63, 3.8) is 0 Å². The molecule has 0 spiro atoms. The molecule has 4 heteroatoms. The van der Waals surface area contributed by atoms with Crippen molar-refractivity contribution in [3.05, 3.63) is 30.1 Å². The van der Waals surface area contributed by atoms with Gasteiger partial charge in [0.2, 0.25) is 0 Å². The minimum Gasteiger partial charge on any atom is -0.263 e. The van der Waals surface area contributed by atoms with Crippen LogP contribution in [0.25, 0.3) is 0 Å². The van der Waals surface area contributed by atoms with Gasteiger partial charge in [0.1, 0.15) is 0 Å². The van der Waals surface area contributed by atoms with Crippen LogP contribution in [-0.2, 0) is 0 Å². The Balaban J connectivity index is 0.000000261. The zero-order chi connectivity index (χ0) is 9.40. The summed E-state index contributed by atoms with van der Waals surface area (Å²) in [5.41, 5.74) is 0.826. The van der Waals surface area contributed by atoms with Crippen molar-refractivity contribution in [1.29, 1.82) is 0 Å². The molecule has 12 heavy (non-hydrogen) atoms. The summed E-state index contributed by atoms with van der Waals surface area (Å²) in [5.74, 6) is 2.46. The molecule has 0 saturated heterocycles. The van der Waals surface area contributed by atoms with Gasteiger partial charge in [-0.15, -0.1) is 6.42 Å². The first kappa shape index (κ1) is 11.0. The second-order valence-corrected chi connectivity index (χ2v) is 2.49. The highest BCUT2D eigenvalue weighted by Gasteiger charge is 1.77. The van der Waals surface area contributed by atoms with Crippen LogP contribution >= 0.6 is 23.2 Å². The number of terminal acetylenes is 1. The molecule has 0 aromatic carbocycles. The average molecular weight is 202 g/mol. The van der Waals surface area contributed by atoms with Crippen LogP contribution in [0, 0.1) is 12.3 Å². The first-order valence-corrected chi connectivity index (χ1v) is 3.64. The van der Waals surface area contributed by atoms with E-state index in [9.17, 15) is 0 Å². The van der Waals surface area contributed by atoms with Crippen LogP contribution in [0.5, 0.6) is 0 Å². The van der Waals surface area contributed by atoms with Crippen molar-refractivity contribution in [2.45, 2.75) is 0 Å². The maximum atomic E-state index is 8.98. The molecular weight excluding hydrogens is 197 g/mol. The summed E-state index contributed by atoms with van der Waals surface area (Å²) in [5, 5.41) is 0. The van der Waals surface area contributed by atoms with Crippen LogP contribution in [-0.4, -0.2) is 9.69 Å². The van der Waals surface area contributed by atoms with Crippen LogP contribution in [0.1, 0.15) is 5.56 Å². The number of carbonyl (C=O) groups excluding carboxylic acids is 1. The van der Waals surface area contributed by atoms with E-state index < -0.39 is 4.70 Å². The first-order valence-electron chi connectivity index (χ1n) is 2.88. The highest BCUT2D eigenvalue weighted by Crippen LogP contribution is 1.89. The third-order valence-corrected chi connectivity index (χ3v) is 0.828. The van der Waals surface area contributed by atoms with E-state index in [1.54, 1.807) is 12.4 Å². The minimum atomic E-state index is -0.889. The highest BCUT2D eigenvalue weighted by atomic mass is 35.5. The Morgan fingerprint density at radius 2 is 2.17 bits per heavy atom. The SMILES string of the molecule is C#Cc1cccnc1.O=C(Cl)Cl. The van der Waals surface area contributed by atoms with Gasteiger partial charge < -0.3 is 0 Å². The molecule has 1 rings (SSSR count). The lowest BCUT2D eigenvalue weighted by Crippen LogP contribution is -1.72. The number of aromatic nitrogens is 1.